The molecule has 0 bridgehead atoms. The number of pyridine rings is 1. The van der Waals surface area contributed by atoms with Gasteiger partial charge < -0.3 is 10.0 Å². The molecular weight excluding hydrogens is 262 g/mol. The molecule has 1 aromatic heterocycles. The number of amides is 2. The van der Waals surface area contributed by atoms with Crippen molar-refractivity contribution in [1.82, 2.24) is 10.3 Å². The highest BCUT2D eigenvalue weighted by molar-refractivity contribution is 6.04. The Hall–Kier alpha value is -2.70. The highest BCUT2D eigenvalue weighted by Gasteiger charge is 2.30. The topological polar surface area (TPSA) is 99.6 Å². The summed E-state index contributed by atoms with van der Waals surface area (Å²) in [5, 5.41) is 10.8. The summed E-state index contributed by atoms with van der Waals surface area (Å²) in [6, 6.07) is 2.83. The third kappa shape index (κ3) is 3.00. The van der Waals surface area contributed by atoms with E-state index in [0.29, 0.717) is 11.4 Å². The Morgan fingerprint density at radius 3 is 2.85 bits per heavy atom. The molecule has 1 unspecified atom stereocenters. The number of hydrogen-bond acceptors (Lipinski definition) is 5. The van der Waals surface area contributed by atoms with Crippen LogP contribution < -0.4 is 10.2 Å². The van der Waals surface area contributed by atoms with Crippen molar-refractivity contribution in [2.24, 2.45) is 0 Å². The number of nitrogens with zero attached hydrogens (tertiary/aromatic N) is 2. The molecule has 7 heteroatoms. The Labute approximate surface area is 114 Å². The highest BCUT2D eigenvalue weighted by Crippen LogP contribution is 2.17. The molecule has 0 radical (unpaired) electrons. The zero-order valence-electron chi connectivity index (χ0n) is 10.7. The Bertz CT molecular complexity index is 580. The summed E-state index contributed by atoms with van der Waals surface area (Å²) in [4.78, 5) is 39.1. The Kier molecular flexibility index (Phi) is 3.79. The summed E-state index contributed by atoms with van der Waals surface area (Å²) in [7, 11) is 0. The van der Waals surface area contributed by atoms with Crippen LogP contribution in [0.3, 0.4) is 0 Å². The average molecular weight is 275 g/mol. The molecule has 1 aromatic rings. The van der Waals surface area contributed by atoms with E-state index < -0.39 is 12.0 Å². The Morgan fingerprint density at radius 1 is 1.50 bits per heavy atom. The third-order valence-electron chi connectivity index (χ3n) is 2.91. The number of imide groups is 1. The molecule has 0 aliphatic carbocycles. The van der Waals surface area contributed by atoms with Crippen LogP contribution in [0.4, 0.5) is 5.82 Å². The minimum absolute atomic E-state index is 0.0597. The number of aliphatic carboxylic acids is 1. The molecule has 104 valence electrons. The van der Waals surface area contributed by atoms with Crippen LogP contribution in [0.5, 0.6) is 0 Å². The lowest BCUT2D eigenvalue weighted by atomic mass is 10.2. The van der Waals surface area contributed by atoms with E-state index in [2.05, 4.69) is 10.3 Å². The zero-order chi connectivity index (χ0) is 14.7. The van der Waals surface area contributed by atoms with Crippen molar-refractivity contribution in [2.75, 3.05) is 11.4 Å². The maximum absolute atomic E-state index is 11.6. The number of hydrogen-bond donors (Lipinski definition) is 2. The molecule has 1 atom stereocenters. The lowest BCUT2D eigenvalue weighted by Gasteiger charge is -2.32. The summed E-state index contributed by atoms with van der Waals surface area (Å²) in [5.74, 6) is -1.28. The van der Waals surface area contributed by atoms with Crippen molar-refractivity contribution in [2.45, 2.75) is 13.0 Å². The molecule has 0 saturated carbocycles. The van der Waals surface area contributed by atoms with Gasteiger partial charge in [0.15, 0.2) is 0 Å². The summed E-state index contributed by atoms with van der Waals surface area (Å²) < 4.78 is 0. The first-order chi connectivity index (χ1) is 9.47. The fourth-order valence-electron chi connectivity index (χ4n) is 1.83. The van der Waals surface area contributed by atoms with Crippen LogP contribution in [0.15, 0.2) is 24.4 Å². The molecule has 2 heterocycles. The Morgan fingerprint density at radius 2 is 2.25 bits per heavy atom. The maximum Gasteiger partial charge on any atom is 0.328 e. The first-order valence-electron chi connectivity index (χ1n) is 5.95. The van der Waals surface area contributed by atoms with Gasteiger partial charge in [-0.2, -0.15) is 0 Å². The molecule has 1 fully saturated rings. The molecule has 20 heavy (non-hydrogen) atoms. The van der Waals surface area contributed by atoms with Crippen molar-refractivity contribution in [1.29, 1.82) is 0 Å². The molecular formula is C13H13N3O4. The van der Waals surface area contributed by atoms with Crippen LogP contribution in [0, 0.1) is 0 Å². The van der Waals surface area contributed by atoms with Gasteiger partial charge in [-0.05, 0) is 30.7 Å². The van der Waals surface area contributed by atoms with Gasteiger partial charge in [0.25, 0.3) is 0 Å². The van der Waals surface area contributed by atoms with Gasteiger partial charge >= 0.3 is 5.97 Å². The van der Waals surface area contributed by atoms with Gasteiger partial charge in [0.05, 0.1) is 6.54 Å². The smallest absolute Gasteiger partial charge is 0.328 e. The number of anilines is 1. The highest BCUT2D eigenvalue weighted by atomic mass is 16.4. The predicted molar refractivity (Wildman–Crippen MR) is 70.9 cm³/mol. The van der Waals surface area contributed by atoms with E-state index in [9.17, 15) is 14.4 Å². The van der Waals surface area contributed by atoms with Gasteiger partial charge in [-0.3, -0.25) is 14.9 Å². The summed E-state index contributed by atoms with van der Waals surface area (Å²) in [6.07, 6.45) is 3.91. The van der Waals surface area contributed by atoms with Crippen LogP contribution >= 0.6 is 0 Å². The molecule has 7 nitrogen and oxygen atoms in total. The second kappa shape index (κ2) is 5.52. The van der Waals surface area contributed by atoms with E-state index in [0.717, 1.165) is 6.08 Å². The number of aromatic nitrogens is 1. The SMILES string of the molecule is CC1C(=O)NC(=O)CN1c1ccc(/C=C/C(=O)O)cn1. The Balaban J connectivity index is 2.18. The van der Waals surface area contributed by atoms with Crippen LogP contribution in [-0.4, -0.2) is 40.5 Å². The number of carboxylic acid groups (broad SMARTS) is 1. The van der Waals surface area contributed by atoms with Crippen LogP contribution in [0.2, 0.25) is 0 Å². The molecule has 1 aliphatic rings. The number of carboxylic acids is 1. The number of nitrogens with one attached hydrogen (secondary N) is 1. The fraction of sp³-hybridized carbons (Fsp3) is 0.231. The molecule has 0 aromatic carbocycles. The number of piperazine rings is 1. The largest absolute Gasteiger partial charge is 0.478 e. The van der Waals surface area contributed by atoms with Gasteiger partial charge in [-0.25, -0.2) is 9.78 Å². The predicted octanol–water partition coefficient (Wildman–Crippen LogP) is 0.0307. The van der Waals surface area contributed by atoms with E-state index in [1.807, 2.05) is 0 Å². The molecule has 2 rings (SSSR count). The van der Waals surface area contributed by atoms with E-state index in [1.165, 1.54) is 12.3 Å². The van der Waals surface area contributed by atoms with Crippen molar-refractivity contribution in [3.63, 3.8) is 0 Å². The minimum Gasteiger partial charge on any atom is -0.478 e. The molecule has 0 spiro atoms. The number of carbonyl (C=O) groups excluding carboxylic acids is 2. The zero-order valence-corrected chi connectivity index (χ0v) is 10.7. The average Bonchev–Trinajstić information content (AvgIpc) is 2.41. The van der Waals surface area contributed by atoms with Gasteiger partial charge in [0, 0.05) is 12.3 Å². The fourth-order valence-corrected chi connectivity index (χ4v) is 1.83. The summed E-state index contributed by atoms with van der Waals surface area (Å²) >= 11 is 0. The lowest BCUT2D eigenvalue weighted by Crippen LogP contribution is -2.57. The summed E-state index contributed by atoms with van der Waals surface area (Å²) in [5.41, 5.74) is 0.622. The number of carbonyl (C=O) groups is 3. The maximum atomic E-state index is 11.6. The number of rotatable bonds is 3. The summed E-state index contributed by atoms with van der Waals surface area (Å²) in [6.45, 7) is 1.74. The van der Waals surface area contributed by atoms with E-state index in [4.69, 9.17) is 5.11 Å². The molecule has 2 N–H and O–H groups in total. The van der Waals surface area contributed by atoms with Crippen molar-refractivity contribution >= 4 is 29.7 Å². The standard InChI is InChI=1S/C13H13N3O4/c1-8-13(20)15-11(17)7-16(8)10-4-2-9(6-14-10)3-5-12(18)19/h2-6,8H,7H2,1H3,(H,18,19)(H,15,17,20)/b5-3+. The minimum atomic E-state index is -1.04. The van der Waals surface area contributed by atoms with Crippen LogP contribution in [-0.2, 0) is 14.4 Å². The second-order valence-electron chi connectivity index (χ2n) is 4.34. The van der Waals surface area contributed by atoms with Gasteiger partial charge in [0.2, 0.25) is 11.8 Å². The molecule has 1 aliphatic heterocycles. The second-order valence-corrected chi connectivity index (χ2v) is 4.34. The first-order valence-corrected chi connectivity index (χ1v) is 5.95. The van der Waals surface area contributed by atoms with Crippen molar-refractivity contribution in [3.05, 3.63) is 30.0 Å². The van der Waals surface area contributed by atoms with Crippen LogP contribution in [0.25, 0.3) is 6.08 Å². The third-order valence-corrected chi connectivity index (χ3v) is 2.91. The normalized spacial score (nSPS) is 19.2. The molecule has 2 amide bonds. The van der Waals surface area contributed by atoms with E-state index in [-0.39, 0.29) is 18.4 Å². The van der Waals surface area contributed by atoms with Gasteiger partial charge in [-0.1, -0.05) is 0 Å². The van der Waals surface area contributed by atoms with E-state index >= 15 is 0 Å². The lowest BCUT2D eigenvalue weighted by molar-refractivity contribution is -0.133. The van der Waals surface area contributed by atoms with Crippen molar-refractivity contribution in [3.8, 4) is 0 Å². The first kappa shape index (κ1) is 13.7. The van der Waals surface area contributed by atoms with Crippen LogP contribution in [0.1, 0.15) is 12.5 Å². The monoisotopic (exact) mass is 275 g/mol. The van der Waals surface area contributed by atoms with E-state index in [1.54, 1.807) is 24.0 Å². The van der Waals surface area contributed by atoms with Crippen molar-refractivity contribution < 1.29 is 19.5 Å². The molecule has 1 saturated heterocycles. The van der Waals surface area contributed by atoms with Gasteiger partial charge in [-0.15, -0.1) is 0 Å². The van der Waals surface area contributed by atoms with Gasteiger partial charge in [0.1, 0.15) is 11.9 Å². The quantitative estimate of drug-likeness (QED) is 0.596.